The quantitative estimate of drug-likeness (QED) is 0.816. The van der Waals surface area contributed by atoms with Gasteiger partial charge in [-0.1, -0.05) is 20.3 Å². The molecule has 0 saturated heterocycles. The molecule has 1 heterocycles. The van der Waals surface area contributed by atoms with Crippen LogP contribution in [0.2, 0.25) is 0 Å². The van der Waals surface area contributed by atoms with Crippen molar-refractivity contribution in [2.75, 3.05) is 7.05 Å². The zero-order chi connectivity index (χ0) is 15.3. The van der Waals surface area contributed by atoms with E-state index in [4.69, 9.17) is 5.11 Å². The maximum absolute atomic E-state index is 12.0. The summed E-state index contributed by atoms with van der Waals surface area (Å²) in [7, 11) is 3.42. The molecule has 0 aromatic carbocycles. The second kappa shape index (κ2) is 6.93. The first-order valence-corrected chi connectivity index (χ1v) is 6.57. The van der Waals surface area contributed by atoms with Crippen molar-refractivity contribution >= 4 is 12.0 Å². The Morgan fingerprint density at radius 1 is 1.55 bits per heavy atom. The summed E-state index contributed by atoms with van der Waals surface area (Å²) < 4.78 is 1.65. The number of hydrogen-bond donors (Lipinski definition) is 2. The predicted molar refractivity (Wildman–Crippen MR) is 74.1 cm³/mol. The number of nitrogens with zero attached hydrogens (tertiary/aromatic N) is 3. The second-order valence-corrected chi connectivity index (χ2v) is 5.03. The molecule has 7 heteroatoms. The van der Waals surface area contributed by atoms with Crippen molar-refractivity contribution in [3.05, 3.63) is 18.0 Å². The topological polar surface area (TPSA) is 87.5 Å². The van der Waals surface area contributed by atoms with Gasteiger partial charge in [0.25, 0.3) is 0 Å². The van der Waals surface area contributed by atoms with Gasteiger partial charge in [0.1, 0.15) is 6.04 Å². The van der Waals surface area contributed by atoms with Crippen molar-refractivity contribution in [1.82, 2.24) is 20.0 Å². The van der Waals surface area contributed by atoms with Crippen LogP contribution in [0.5, 0.6) is 0 Å². The number of aryl methyl sites for hydroxylation is 1. The average molecular weight is 282 g/mol. The van der Waals surface area contributed by atoms with E-state index in [1.807, 2.05) is 13.1 Å². The van der Waals surface area contributed by atoms with Crippen molar-refractivity contribution < 1.29 is 14.7 Å². The van der Waals surface area contributed by atoms with Gasteiger partial charge in [-0.25, -0.2) is 9.59 Å². The summed E-state index contributed by atoms with van der Waals surface area (Å²) in [6.07, 6.45) is 4.17. The van der Waals surface area contributed by atoms with E-state index in [9.17, 15) is 9.59 Å². The molecule has 7 nitrogen and oxygen atoms in total. The van der Waals surface area contributed by atoms with Crippen molar-refractivity contribution in [3.8, 4) is 0 Å². The molecule has 0 bridgehead atoms. The highest BCUT2D eigenvalue weighted by Crippen LogP contribution is 2.09. The van der Waals surface area contributed by atoms with Gasteiger partial charge in [0, 0.05) is 25.9 Å². The second-order valence-electron chi connectivity index (χ2n) is 5.03. The molecule has 2 atom stereocenters. The molecule has 0 radical (unpaired) electrons. The highest BCUT2D eigenvalue weighted by molar-refractivity contribution is 5.82. The van der Waals surface area contributed by atoms with E-state index in [1.165, 1.54) is 4.90 Å². The minimum absolute atomic E-state index is 0.122. The van der Waals surface area contributed by atoms with E-state index in [1.54, 1.807) is 31.9 Å². The Kier molecular flexibility index (Phi) is 5.54. The van der Waals surface area contributed by atoms with Gasteiger partial charge < -0.3 is 15.3 Å². The third-order valence-electron chi connectivity index (χ3n) is 3.28. The van der Waals surface area contributed by atoms with Gasteiger partial charge in [0.15, 0.2) is 0 Å². The van der Waals surface area contributed by atoms with E-state index in [2.05, 4.69) is 10.4 Å². The summed E-state index contributed by atoms with van der Waals surface area (Å²) >= 11 is 0. The molecule has 0 aliphatic heterocycles. The number of carbonyl (C=O) groups excluding carboxylic acids is 1. The lowest BCUT2D eigenvalue weighted by Crippen LogP contribution is -2.49. The lowest BCUT2D eigenvalue weighted by Gasteiger charge is -2.24. The van der Waals surface area contributed by atoms with Crippen LogP contribution in [0.3, 0.4) is 0 Å². The molecular weight excluding hydrogens is 260 g/mol. The van der Waals surface area contributed by atoms with Crippen molar-refractivity contribution in [1.29, 1.82) is 0 Å². The Labute approximate surface area is 118 Å². The Hall–Kier alpha value is -2.05. The predicted octanol–water partition coefficient (Wildman–Crippen LogP) is 1.06. The Morgan fingerprint density at radius 3 is 2.65 bits per heavy atom. The number of nitrogens with one attached hydrogen (secondary N) is 1. The standard InChI is InChI=1S/C13H22N4O3/c1-5-9(2)11(12(18)19)15-13(20)16(3)7-10-6-14-17(4)8-10/h6,8-9,11H,5,7H2,1-4H3,(H,15,20)(H,18,19)/t9?,11-/m0/s1. The van der Waals surface area contributed by atoms with Crippen LogP contribution in [-0.2, 0) is 18.4 Å². The molecule has 1 rings (SSSR count). The van der Waals surface area contributed by atoms with E-state index in [-0.39, 0.29) is 5.92 Å². The highest BCUT2D eigenvalue weighted by Gasteiger charge is 2.26. The number of urea groups is 1. The number of carboxylic acid groups (broad SMARTS) is 1. The van der Waals surface area contributed by atoms with Gasteiger partial charge in [-0.2, -0.15) is 5.10 Å². The summed E-state index contributed by atoms with van der Waals surface area (Å²) in [5.41, 5.74) is 0.889. The number of rotatable bonds is 6. The highest BCUT2D eigenvalue weighted by atomic mass is 16.4. The summed E-state index contributed by atoms with van der Waals surface area (Å²) in [5.74, 6) is -1.13. The molecular formula is C13H22N4O3. The Bertz CT molecular complexity index is 472. The number of aromatic nitrogens is 2. The fourth-order valence-electron chi connectivity index (χ4n) is 1.83. The van der Waals surface area contributed by atoms with Crippen LogP contribution in [0, 0.1) is 5.92 Å². The third kappa shape index (κ3) is 4.25. The van der Waals surface area contributed by atoms with E-state index in [0.717, 1.165) is 5.56 Å². The smallest absolute Gasteiger partial charge is 0.326 e. The van der Waals surface area contributed by atoms with Crippen molar-refractivity contribution in [2.45, 2.75) is 32.9 Å². The van der Waals surface area contributed by atoms with Crippen LogP contribution in [0.4, 0.5) is 4.79 Å². The zero-order valence-corrected chi connectivity index (χ0v) is 12.3. The third-order valence-corrected chi connectivity index (χ3v) is 3.28. The van der Waals surface area contributed by atoms with E-state index < -0.39 is 18.0 Å². The maximum Gasteiger partial charge on any atom is 0.326 e. The minimum atomic E-state index is -1.01. The summed E-state index contributed by atoms with van der Waals surface area (Å²) in [6.45, 7) is 4.08. The van der Waals surface area contributed by atoms with Gasteiger partial charge in [-0.05, 0) is 5.92 Å². The van der Waals surface area contributed by atoms with Crippen LogP contribution >= 0.6 is 0 Å². The Balaban J connectivity index is 2.61. The fraction of sp³-hybridized carbons (Fsp3) is 0.615. The molecule has 1 unspecified atom stereocenters. The molecule has 1 aromatic heterocycles. The van der Waals surface area contributed by atoms with E-state index in [0.29, 0.717) is 13.0 Å². The number of aliphatic carboxylic acids is 1. The zero-order valence-electron chi connectivity index (χ0n) is 12.3. The van der Waals surface area contributed by atoms with Gasteiger partial charge in [0.05, 0.1) is 12.7 Å². The molecule has 0 aliphatic carbocycles. The maximum atomic E-state index is 12.0. The first kappa shape index (κ1) is 16.0. The number of carbonyl (C=O) groups is 2. The molecule has 112 valence electrons. The number of hydrogen-bond acceptors (Lipinski definition) is 3. The molecule has 20 heavy (non-hydrogen) atoms. The largest absolute Gasteiger partial charge is 0.480 e. The van der Waals surface area contributed by atoms with Crippen molar-refractivity contribution in [2.24, 2.45) is 13.0 Å². The van der Waals surface area contributed by atoms with Gasteiger partial charge in [0.2, 0.25) is 0 Å². The first-order valence-electron chi connectivity index (χ1n) is 6.57. The first-order chi connectivity index (χ1) is 9.35. The summed E-state index contributed by atoms with van der Waals surface area (Å²) in [4.78, 5) is 24.6. The summed E-state index contributed by atoms with van der Waals surface area (Å²) in [6, 6.07) is -1.27. The van der Waals surface area contributed by atoms with Gasteiger partial charge in [-0.15, -0.1) is 0 Å². The molecule has 0 saturated carbocycles. The number of carboxylic acids is 1. The van der Waals surface area contributed by atoms with E-state index >= 15 is 0 Å². The molecule has 0 fully saturated rings. The van der Waals surface area contributed by atoms with Crippen LogP contribution in [0.1, 0.15) is 25.8 Å². The number of amides is 2. The normalized spacial score (nSPS) is 13.6. The molecule has 0 spiro atoms. The van der Waals surface area contributed by atoms with Crippen LogP contribution < -0.4 is 5.32 Å². The summed E-state index contributed by atoms with van der Waals surface area (Å²) in [5, 5.41) is 15.7. The van der Waals surface area contributed by atoms with Gasteiger partial charge in [-0.3, -0.25) is 4.68 Å². The minimum Gasteiger partial charge on any atom is -0.480 e. The monoisotopic (exact) mass is 282 g/mol. The fourth-order valence-corrected chi connectivity index (χ4v) is 1.83. The van der Waals surface area contributed by atoms with Crippen LogP contribution in [0.25, 0.3) is 0 Å². The lowest BCUT2D eigenvalue weighted by atomic mass is 9.99. The molecule has 0 aliphatic rings. The van der Waals surface area contributed by atoms with Gasteiger partial charge >= 0.3 is 12.0 Å². The van der Waals surface area contributed by atoms with Crippen LogP contribution in [0.15, 0.2) is 12.4 Å². The van der Waals surface area contributed by atoms with Crippen molar-refractivity contribution in [3.63, 3.8) is 0 Å². The van der Waals surface area contributed by atoms with Crippen LogP contribution in [-0.4, -0.2) is 44.9 Å². The SMILES string of the molecule is CCC(C)[C@H](NC(=O)N(C)Cc1cnn(C)c1)C(=O)O. The molecule has 2 N–H and O–H groups in total. The molecule has 2 amide bonds. The average Bonchev–Trinajstić information content (AvgIpc) is 2.79. The lowest BCUT2D eigenvalue weighted by molar-refractivity contribution is -0.140. The molecule has 1 aromatic rings. The Morgan fingerprint density at radius 2 is 2.20 bits per heavy atom.